The van der Waals surface area contributed by atoms with Crippen LogP contribution in [0.15, 0.2) is 48.5 Å². The lowest BCUT2D eigenvalue weighted by molar-refractivity contribution is 0.414. The van der Waals surface area contributed by atoms with E-state index in [0.29, 0.717) is 0 Å². The first-order valence-corrected chi connectivity index (χ1v) is 7.18. The molecule has 0 aliphatic rings. The van der Waals surface area contributed by atoms with Crippen molar-refractivity contribution in [3.8, 4) is 5.75 Å². The summed E-state index contributed by atoms with van der Waals surface area (Å²) >= 11 is 0. The van der Waals surface area contributed by atoms with E-state index in [2.05, 4.69) is 48.6 Å². The predicted molar refractivity (Wildman–Crippen MR) is 84.5 cm³/mol. The molecule has 2 aromatic rings. The first-order valence-electron chi connectivity index (χ1n) is 7.18. The summed E-state index contributed by atoms with van der Waals surface area (Å²) in [5, 5.41) is 3.51. The zero-order valence-corrected chi connectivity index (χ0v) is 12.4. The van der Waals surface area contributed by atoms with Crippen molar-refractivity contribution in [2.45, 2.75) is 19.8 Å². The highest BCUT2D eigenvalue weighted by molar-refractivity contribution is 5.27. The van der Waals surface area contributed by atoms with Crippen molar-refractivity contribution in [2.24, 2.45) is 0 Å². The van der Waals surface area contributed by atoms with Gasteiger partial charge >= 0.3 is 0 Å². The van der Waals surface area contributed by atoms with E-state index in [4.69, 9.17) is 4.74 Å². The average molecular weight is 269 g/mol. The molecule has 0 saturated heterocycles. The topological polar surface area (TPSA) is 21.3 Å². The van der Waals surface area contributed by atoms with Gasteiger partial charge in [0.15, 0.2) is 0 Å². The second-order valence-corrected chi connectivity index (χ2v) is 5.02. The molecular formula is C18H23NO. The number of hydrogen-bond donors (Lipinski definition) is 1. The summed E-state index contributed by atoms with van der Waals surface area (Å²) in [5.74, 6) is 0.918. The van der Waals surface area contributed by atoms with Gasteiger partial charge in [-0.05, 0) is 61.7 Å². The van der Waals surface area contributed by atoms with E-state index in [1.54, 1.807) is 7.11 Å². The van der Waals surface area contributed by atoms with Gasteiger partial charge in [-0.3, -0.25) is 0 Å². The van der Waals surface area contributed by atoms with Crippen molar-refractivity contribution in [3.63, 3.8) is 0 Å². The molecule has 0 bridgehead atoms. The maximum Gasteiger partial charge on any atom is 0.118 e. The van der Waals surface area contributed by atoms with Crippen LogP contribution in [0.2, 0.25) is 0 Å². The van der Waals surface area contributed by atoms with Crippen LogP contribution in [0.25, 0.3) is 0 Å². The van der Waals surface area contributed by atoms with Crippen molar-refractivity contribution in [2.75, 3.05) is 20.2 Å². The van der Waals surface area contributed by atoms with Gasteiger partial charge in [-0.1, -0.05) is 36.4 Å². The summed E-state index contributed by atoms with van der Waals surface area (Å²) in [4.78, 5) is 0. The van der Waals surface area contributed by atoms with E-state index in [9.17, 15) is 0 Å². The van der Waals surface area contributed by atoms with E-state index in [-0.39, 0.29) is 0 Å². The van der Waals surface area contributed by atoms with Crippen LogP contribution in [0, 0.1) is 6.92 Å². The van der Waals surface area contributed by atoms with Crippen LogP contribution in [0.4, 0.5) is 0 Å². The maximum absolute atomic E-state index is 5.16. The van der Waals surface area contributed by atoms with Crippen molar-refractivity contribution in [1.82, 2.24) is 5.32 Å². The fourth-order valence-electron chi connectivity index (χ4n) is 2.26. The van der Waals surface area contributed by atoms with Gasteiger partial charge in [0, 0.05) is 0 Å². The Balaban J connectivity index is 1.67. The Bertz CT molecular complexity index is 519. The monoisotopic (exact) mass is 269 g/mol. The van der Waals surface area contributed by atoms with Crippen LogP contribution >= 0.6 is 0 Å². The summed E-state index contributed by atoms with van der Waals surface area (Å²) < 4.78 is 5.16. The molecule has 0 atom stereocenters. The Hall–Kier alpha value is -1.80. The van der Waals surface area contributed by atoms with Gasteiger partial charge in [0.2, 0.25) is 0 Å². The Morgan fingerprint density at radius 3 is 2.30 bits per heavy atom. The third kappa shape index (κ3) is 4.39. The smallest absolute Gasteiger partial charge is 0.118 e. The Kier molecular flexibility index (Phi) is 5.63. The van der Waals surface area contributed by atoms with Crippen LogP contribution in [0.5, 0.6) is 5.75 Å². The third-order valence-corrected chi connectivity index (χ3v) is 3.58. The van der Waals surface area contributed by atoms with Gasteiger partial charge in [0.25, 0.3) is 0 Å². The Morgan fingerprint density at radius 1 is 0.900 bits per heavy atom. The van der Waals surface area contributed by atoms with Gasteiger partial charge in [-0.25, -0.2) is 0 Å². The minimum absolute atomic E-state index is 0.918. The number of hydrogen-bond acceptors (Lipinski definition) is 2. The number of benzene rings is 2. The van der Waals surface area contributed by atoms with Crippen LogP contribution < -0.4 is 10.1 Å². The number of rotatable bonds is 7. The molecule has 2 rings (SSSR count). The average Bonchev–Trinajstić information content (AvgIpc) is 2.49. The number of ether oxygens (including phenoxy) is 1. The largest absolute Gasteiger partial charge is 0.497 e. The molecule has 0 saturated carbocycles. The van der Waals surface area contributed by atoms with Crippen molar-refractivity contribution in [1.29, 1.82) is 0 Å². The highest BCUT2D eigenvalue weighted by atomic mass is 16.5. The minimum Gasteiger partial charge on any atom is -0.497 e. The van der Waals surface area contributed by atoms with Gasteiger partial charge in [-0.2, -0.15) is 0 Å². The predicted octanol–water partition coefficient (Wildman–Crippen LogP) is 3.38. The summed E-state index contributed by atoms with van der Waals surface area (Å²) in [5.41, 5.74) is 4.16. The molecule has 1 N–H and O–H groups in total. The zero-order valence-electron chi connectivity index (χ0n) is 12.4. The molecule has 0 amide bonds. The molecule has 0 unspecified atom stereocenters. The molecular weight excluding hydrogens is 246 g/mol. The summed E-state index contributed by atoms with van der Waals surface area (Å²) in [7, 11) is 1.70. The number of nitrogens with one attached hydrogen (secondary N) is 1. The quantitative estimate of drug-likeness (QED) is 0.778. The SMILES string of the molecule is COc1ccc(CCNCCc2ccccc2C)cc1. The minimum atomic E-state index is 0.918. The van der Waals surface area contributed by atoms with Gasteiger partial charge in [0.05, 0.1) is 7.11 Å². The van der Waals surface area contributed by atoms with Gasteiger partial charge in [-0.15, -0.1) is 0 Å². The standard InChI is InChI=1S/C18H23NO/c1-15-5-3-4-6-17(15)12-14-19-13-11-16-7-9-18(20-2)10-8-16/h3-10,19H,11-14H2,1-2H3. The number of methoxy groups -OCH3 is 1. The van der Waals surface area contributed by atoms with Gasteiger partial charge in [0.1, 0.15) is 5.75 Å². The van der Waals surface area contributed by atoms with Crippen LogP contribution in [0.1, 0.15) is 16.7 Å². The molecule has 0 spiro atoms. The van der Waals surface area contributed by atoms with Crippen molar-refractivity contribution >= 4 is 0 Å². The molecule has 106 valence electrons. The second kappa shape index (κ2) is 7.71. The summed E-state index contributed by atoms with van der Waals surface area (Å²) in [6.45, 7) is 4.21. The van der Waals surface area contributed by atoms with E-state index < -0.39 is 0 Å². The van der Waals surface area contributed by atoms with E-state index in [1.807, 2.05) is 12.1 Å². The van der Waals surface area contributed by atoms with Crippen LogP contribution in [-0.2, 0) is 12.8 Å². The van der Waals surface area contributed by atoms with Crippen LogP contribution in [0.3, 0.4) is 0 Å². The second-order valence-electron chi connectivity index (χ2n) is 5.02. The zero-order chi connectivity index (χ0) is 14.2. The highest BCUT2D eigenvalue weighted by Gasteiger charge is 1.97. The molecule has 2 nitrogen and oxygen atoms in total. The lowest BCUT2D eigenvalue weighted by atomic mass is 10.1. The van der Waals surface area contributed by atoms with E-state index in [1.165, 1.54) is 16.7 Å². The number of aryl methyl sites for hydroxylation is 1. The maximum atomic E-state index is 5.16. The summed E-state index contributed by atoms with van der Waals surface area (Å²) in [6, 6.07) is 16.9. The van der Waals surface area contributed by atoms with Gasteiger partial charge < -0.3 is 10.1 Å². The Morgan fingerprint density at radius 2 is 1.60 bits per heavy atom. The Labute approximate surface area is 121 Å². The summed E-state index contributed by atoms with van der Waals surface area (Å²) in [6.07, 6.45) is 2.15. The molecule has 0 radical (unpaired) electrons. The molecule has 0 aromatic heterocycles. The molecule has 2 aromatic carbocycles. The van der Waals surface area contributed by atoms with E-state index in [0.717, 1.165) is 31.7 Å². The fourth-order valence-corrected chi connectivity index (χ4v) is 2.26. The third-order valence-electron chi connectivity index (χ3n) is 3.58. The molecule has 0 aliphatic heterocycles. The van der Waals surface area contributed by atoms with Crippen molar-refractivity contribution < 1.29 is 4.74 Å². The fraction of sp³-hybridized carbons (Fsp3) is 0.333. The highest BCUT2D eigenvalue weighted by Crippen LogP contribution is 2.11. The first-order chi connectivity index (χ1) is 9.79. The molecule has 0 heterocycles. The molecule has 0 fully saturated rings. The van der Waals surface area contributed by atoms with Crippen LogP contribution in [-0.4, -0.2) is 20.2 Å². The molecule has 2 heteroatoms. The lowest BCUT2D eigenvalue weighted by Gasteiger charge is -2.08. The molecule has 20 heavy (non-hydrogen) atoms. The lowest BCUT2D eigenvalue weighted by Crippen LogP contribution is -2.20. The normalized spacial score (nSPS) is 10.5. The molecule has 0 aliphatic carbocycles. The first kappa shape index (κ1) is 14.6. The van der Waals surface area contributed by atoms with Crippen molar-refractivity contribution in [3.05, 3.63) is 65.2 Å². The van der Waals surface area contributed by atoms with E-state index >= 15 is 0 Å².